The van der Waals surface area contributed by atoms with Gasteiger partial charge in [0.2, 0.25) is 0 Å². The lowest BCUT2D eigenvalue weighted by Gasteiger charge is -2.44. The van der Waals surface area contributed by atoms with Gasteiger partial charge in [-0.05, 0) is 122 Å². The summed E-state index contributed by atoms with van der Waals surface area (Å²) < 4.78 is 49.9. The molecule has 5 fully saturated rings. The molecule has 6 rings (SSSR count). The smallest absolute Gasteiger partial charge is 0.306 e. The fraction of sp³-hybridized carbons (Fsp3) is 0.905. The van der Waals surface area contributed by atoms with Crippen molar-refractivity contribution in [3.8, 4) is 0 Å². The first kappa shape index (κ1) is 42.1. The van der Waals surface area contributed by atoms with Gasteiger partial charge in [0.1, 0.15) is 24.4 Å². The van der Waals surface area contributed by atoms with Crippen LogP contribution in [0.5, 0.6) is 0 Å². The first-order valence-corrected chi connectivity index (χ1v) is 20.9. The van der Waals surface area contributed by atoms with Crippen LogP contribution in [0.1, 0.15) is 91.9 Å². The quantitative estimate of drug-likeness (QED) is 0.305. The molecular weight excluding hydrogens is 692 g/mol. The lowest BCUT2D eigenvalue weighted by Crippen LogP contribution is -2.59. The van der Waals surface area contributed by atoms with E-state index in [-0.39, 0.29) is 103 Å². The zero-order valence-corrected chi connectivity index (χ0v) is 34.6. The third-order valence-electron chi connectivity index (χ3n) is 14.2. The summed E-state index contributed by atoms with van der Waals surface area (Å²) in [5.74, 6) is 0.274. The number of cyclic esters (lactones) is 1. The van der Waals surface area contributed by atoms with Crippen LogP contribution in [-0.2, 0) is 47.5 Å². The van der Waals surface area contributed by atoms with Gasteiger partial charge in [-0.1, -0.05) is 19.9 Å². The molecule has 0 aromatic rings. The van der Waals surface area contributed by atoms with E-state index in [2.05, 4.69) is 44.2 Å². The van der Waals surface area contributed by atoms with E-state index in [1.54, 1.807) is 21.3 Å². The predicted octanol–water partition coefficient (Wildman–Crippen LogP) is 4.91. The van der Waals surface area contributed by atoms with Gasteiger partial charge in [-0.2, -0.15) is 0 Å². The molecule has 0 bridgehead atoms. The van der Waals surface area contributed by atoms with Crippen LogP contribution in [0.4, 0.5) is 0 Å². The van der Waals surface area contributed by atoms with E-state index in [0.717, 1.165) is 56.9 Å². The Bertz CT molecular complexity index is 1300. The Morgan fingerprint density at radius 3 is 2.20 bits per heavy atom. The Morgan fingerprint density at radius 2 is 1.56 bits per heavy atom. The summed E-state index contributed by atoms with van der Waals surface area (Å²) in [5, 5.41) is 3.64. The molecule has 0 aromatic carbocycles. The van der Waals surface area contributed by atoms with Crippen molar-refractivity contribution in [2.45, 2.75) is 165 Å². The summed E-state index contributed by atoms with van der Waals surface area (Å²) in [5.41, 5.74) is 0.791. The molecule has 308 valence electrons. The molecule has 3 unspecified atom stereocenters. The van der Waals surface area contributed by atoms with Gasteiger partial charge in [-0.15, -0.1) is 0 Å². The largest absolute Gasteiger partial charge is 0.462 e. The van der Waals surface area contributed by atoms with Crippen molar-refractivity contribution in [1.29, 1.82) is 0 Å². The number of rotatable bonds is 10. The standard InChI is InChI=1S/C42H70N2O10/c1-11-25-13-12-14-35(54-37-16-15-34(44(6)7)23(3)50-37)22(2)38(46)32-19-28-27-17-26(53-42-41(49-10)40(48-9)39(47-8)24(4)51-42)18-31(27)33(43-5)20-29(28)30(32)21-36(45)52-25/h19,22-31,33-35,37,39-43H,11-18,20-21H2,1-10H3/t22-,23?,24?,25+,26+,27+,28+,29-,30+,31-,33-,34+,35+,37+,39+,40?,41+,42+/m1/s1. The average Bonchev–Trinajstić information content (AvgIpc) is 3.73. The molecule has 3 heterocycles. The van der Waals surface area contributed by atoms with E-state index in [1.807, 2.05) is 20.9 Å². The second kappa shape index (κ2) is 18.4. The van der Waals surface area contributed by atoms with Crippen molar-refractivity contribution in [3.63, 3.8) is 0 Å². The molecule has 2 saturated carbocycles. The number of esters is 1. The van der Waals surface area contributed by atoms with Crippen molar-refractivity contribution >= 4 is 11.8 Å². The summed E-state index contributed by atoms with van der Waals surface area (Å²) >= 11 is 0. The average molecular weight is 763 g/mol. The molecule has 0 radical (unpaired) electrons. The highest BCUT2D eigenvalue weighted by atomic mass is 16.7. The number of hydrogen-bond donors (Lipinski definition) is 1. The monoisotopic (exact) mass is 763 g/mol. The molecule has 54 heavy (non-hydrogen) atoms. The number of allylic oxidation sites excluding steroid dienone is 2. The maximum Gasteiger partial charge on any atom is 0.306 e. The van der Waals surface area contributed by atoms with Crippen LogP contribution >= 0.6 is 0 Å². The summed E-state index contributed by atoms with van der Waals surface area (Å²) in [6, 6.07) is 0.566. The number of hydrogen-bond acceptors (Lipinski definition) is 12. The summed E-state index contributed by atoms with van der Waals surface area (Å²) in [6.07, 6.45) is 7.19. The molecule has 3 saturated heterocycles. The number of carbonyl (C=O) groups is 2. The first-order valence-electron chi connectivity index (χ1n) is 20.9. The maximum atomic E-state index is 14.8. The summed E-state index contributed by atoms with van der Waals surface area (Å²) in [7, 11) is 11.2. The highest BCUT2D eigenvalue weighted by molar-refractivity contribution is 5.99. The van der Waals surface area contributed by atoms with E-state index in [0.29, 0.717) is 18.4 Å². The van der Waals surface area contributed by atoms with Gasteiger partial charge in [-0.3, -0.25) is 9.59 Å². The minimum atomic E-state index is -0.599. The van der Waals surface area contributed by atoms with Crippen LogP contribution in [0, 0.1) is 35.5 Å². The first-order chi connectivity index (χ1) is 25.9. The molecule has 0 aromatic heterocycles. The highest BCUT2D eigenvalue weighted by Crippen LogP contribution is 2.57. The Kier molecular flexibility index (Phi) is 14.4. The molecule has 3 aliphatic carbocycles. The van der Waals surface area contributed by atoms with Gasteiger partial charge in [0.05, 0.1) is 30.8 Å². The molecule has 0 spiro atoms. The third-order valence-corrected chi connectivity index (χ3v) is 14.2. The number of methoxy groups -OCH3 is 3. The van der Waals surface area contributed by atoms with Crippen molar-refractivity contribution in [1.82, 2.24) is 10.2 Å². The molecule has 1 N–H and O–H groups in total. The Balaban J connectivity index is 1.24. The fourth-order valence-electron chi connectivity index (χ4n) is 11.3. The molecule has 12 nitrogen and oxygen atoms in total. The van der Waals surface area contributed by atoms with Crippen molar-refractivity contribution in [2.75, 3.05) is 42.5 Å². The molecule has 3 aliphatic heterocycles. The fourth-order valence-corrected chi connectivity index (χ4v) is 11.3. The zero-order chi connectivity index (χ0) is 38.8. The van der Waals surface area contributed by atoms with Crippen LogP contribution in [0.15, 0.2) is 11.6 Å². The number of fused-ring (bicyclic) bond motifs is 5. The molecule has 6 aliphatic rings. The Morgan fingerprint density at radius 1 is 0.833 bits per heavy atom. The van der Waals surface area contributed by atoms with Gasteiger partial charge >= 0.3 is 5.97 Å². The lowest BCUT2D eigenvalue weighted by molar-refractivity contribution is -0.314. The summed E-state index contributed by atoms with van der Waals surface area (Å²) in [6.45, 7) is 8.20. The van der Waals surface area contributed by atoms with E-state index in [4.69, 9.17) is 37.9 Å². The maximum absolute atomic E-state index is 14.8. The number of carbonyl (C=O) groups excluding carboxylic acids is 2. The van der Waals surface area contributed by atoms with Crippen LogP contribution in [0.2, 0.25) is 0 Å². The van der Waals surface area contributed by atoms with Gasteiger partial charge in [0.15, 0.2) is 18.4 Å². The van der Waals surface area contributed by atoms with Crippen LogP contribution in [-0.4, -0.2) is 133 Å². The molecular formula is C42H70N2O10. The van der Waals surface area contributed by atoms with E-state index >= 15 is 0 Å². The van der Waals surface area contributed by atoms with E-state index in [1.165, 1.54) is 0 Å². The summed E-state index contributed by atoms with van der Waals surface area (Å²) in [4.78, 5) is 30.7. The molecule has 18 atom stereocenters. The predicted molar refractivity (Wildman–Crippen MR) is 203 cm³/mol. The zero-order valence-electron chi connectivity index (χ0n) is 34.6. The molecule has 0 amide bonds. The van der Waals surface area contributed by atoms with Crippen LogP contribution in [0.25, 0.3) is 0 Å². The Hall–Kier alpha value is -1.48. The Labute approximate surface area is 324 Å². The van der Waals surface area contributed by atoms with Crippen LogP contribution in [0.3, 0.4) is 0 Å². The minimum Gasteiger partial charge on any atom is -0.462 e. The van der Waals surface area contributed by atoms with Gasteiger partial charge in [-0.25, -0.2) is 0 Å². The number of ether oxygens (including phenoxy) is 8. The van der Waals surface area contributed by atoms with Crippen molar-refractivity contribution in [3.05, 3.63) is 11.6 Å². The second-order valence-electron chi connectivity index (χ2n) is 17.3. The highest BCUT2D eigenvalue weighted by Gasteiger charge is 2.56. The third kappa shape index (κ3) is 8.67. The van der Waals surface area contributed by atoms with Crippen LogP contribution < -0.4 is 5.32 Å². The number of nitrogens with zero attached hydrogens (tertiary/aromatic N) is 1. The SMILES string of the molecule is CC[C@H]1CCC[C@H](O[C@H]2CC[C@H](N(C)C)C(C)O2)[C@@H](C)C(=O)C2=C[C@@H]3[C@@H](C[C@@H](NC)[C@@H]4C[C@@H](O[C@@H]5OC(C)[C@H](OC)C(OC)[C@@H]5OC)C[C@@H]34)[C@@H]2CC(=O)O1. The second-order valence-corrected chi connectivity index (χ2v) is 17.3. The topological polar surface area (TPSA) is 123 Å². The number of nitrogens with one attached hydrogen (secondary N) is 1. The van der Waals surface area contributed by atoms with E-state index < -0.39 is 12.4 Å². The van der Waals surface area contributed by atoms with Gasteiger partial charge < -0.3 is 48.1 Å². The number of Topliss-reactive ketones (excluding diaryl/α,β-unsaturated/α-hetero) is 1. The molecule has 12 heteroatoms. The minimum absolute atomic E-state index is 0.0364. The number of likely N-dealkylation sites (N-methyl/N-ethyl adjacent to an activating group) is 1. The number of ketones is 1. The lowest BCUT2D eigenvalue weighted by atomic mass is 9.64. The van der Waals surface area contributed by atoms with E-state index in [9.17, 15) is 9.59 Å². The van der Waals surface area contributed by atoms with Gasteiger partial charge in [0.25, 0.3) is 0 Å². The van der Waals surface area contributed by atoms with Gasteiger partial charge in [0, 0.05) is 45.2 Å². The normalized spacial score (nSPS) is 46.2. The van der Waals surface area contributed by atoms with Crippen molar-refractivity contribution < 1.29 is 47.5 Å². The van der Waals surface area contributed by atoms with Crippen molar-refractivity contribution in [2.24, 2.45) is 35.5 Å².